The van der Waals surface area contributed by atoms with Gasteiger partial charge in [-0.15, -0.1) is 11.3 Å². The fraction of sp³-hybridized carbons (Fsp3) is 0.474. The van der Waals surface area contributed by atoms with Crippen LogP contribution in [0.3, 0.4) is 0 Å². The number of thiazole rings is 1. The lowest BCUT2D eigenvalue weighted by molar-refractivity contribution is 0.0935. The molecule has 134 valence electrons. The van der Waals surface area contributed by atoms with E-state index < -0.39 is 0 Å². The average Bonchev–Trinajstić information content (AvgIpc) is 3.36. The lowest BCUT2D eigenvalue weighted by atomic mass is 10.2. The first-order valence-corrected chi connectivity index (χ1v) is 9.65. The minimum atomic E-state index is -0.107. The number of rotatable bonds is 8. The second kappa shape index (κ2) is 7.97. The molecule has 1 atom stereocenters. The van der Waals surface area contributed by atoms with Gasteiger partial charge in [-0.3, -0.25) is 9.69 Å². The SMILES string of the molecule is CCOc1ccc(-c2nc(C(=O)NCC(C)N(C)C3CC3)cs2)cc1. The topological polar surface area (TPSA) is 54.5 Å². The summed E-state index contributed by atoms with van der Waals surface area (Å²) in [5.41, 5.74) is 1.48. The highest BCUT2D eigenvalue weighted by Crippen LogP contribution is 2.27. The van der Waals surface area contributed by atoms with Crippen LogP contribution in [0.15, 0.2) is 29.6 Å². The van der Waals surface area contributed by atoms with Crippen molar-refractivity contribution in [3.8, 4) is 16.3 Å². The number of benzene rings is 1. The number of nitrogens with one attached hydrogen (secondary N) is 1. The molecule has 5 nitrogen and oxygen atoms in total. The molecule has 1 N–H and O–H groups in total. The molecule has 0 bridgehead atoms. The lowest BCUT2D eigenvalue weighted by Crippen LogP contribution is -2.41. The van der Waals surface area contributed by atoms with Gasteiger partial charge in [-0.2, -0.15) is 0 Å². The summed E-state index contributed by atoms with van der Waals surface area (Å²) >= 11 is 1.48. The van der Waals surface area contributed by atoms with Crippen LogP contribution in [-0.2, 0) is 0 Å². The number of likely N-dealkylation sites (N-methyl/N-ethyl adjacent to an activating group) is 1. The maximum absolute atomic E-state index is 12.3. The Hall–Kier alpha value is -1.92. The number of aromatic nitrogens is 1. The number of hydrogen-bond acceptors (Lipinski definition) is 5. The second-order valence-electron chi connectivity index (χ2n) is 6.45. The Morgan fingerprint density at radius 1 is 1.40 bits per heavy atom. The first kappa shape index (κ1) is 17.9. The fourth-order valence-corrected chi connectivity index (χ4v) is 3.49. The van der Waals surface area contributed by atoms with Crippen molar-refractivity contribution >= 4 is 17.2 Å². The summed E-state index contributed by atoms with van der Waals surface area (Å²) in [5.74, 6) is 0.735. The van der Waals surface area contributed by atoms with E-state index in [4.69, 9.17) is 4.74 Å². The third-order valence-electron chi connectivity index (χ3n) is 4.53. The standard InChI is InChI=1S/C19H25N3O2S/c1-4-24-16-9-5-14(6-10-16)19-21-17(12-25-19)18(23)20-11-13(2)22(3)15-7-8-15/h5-6,9-10,12-13,15H,4,7-8,11H2,1-3H3,(H,20,23). The lowest BCUT2D eigenvalue weighted by Gasteiger charge is -2.24. The molecule has 1 aliphatic rings. The van der Waals surface area contributed by atoms with Gasteiger partial charge in [0.1, 0.15) is 16.5 Å². The Kier molecular flexibility index (Phi) is 5.71. The van der Waals surface area contributed by atoms with Crippen LogP contribution in [0.1, 0.15) is 37.2 Å². The quantitative estimate of drug-likeness (QED) is 0.785. The molecular weight excluding hydrogens is 334 g/mol. The zero-order valence-electron chi connectivity index (χ0n) is 15.0. The molecule has 1 aromatic heterocycles. The Balaban J connectivity index is 1.57. The Morgan fingerprint density at radius 2 is 2.12 bits per heavy atom. The van der Waals surface area contributed by atoms with E-state index in [1.54, 1.807) is 0 Å². The van der Waals surface area contributed by atoms with Crippen LogP contribution >= 0.6 is 11.3 Å². The van der Waals surface area contributed by atoms with Crippen molar-refractivity contribution in [2.24, 2.45) is 0 Å². The molecule has 2 aromatic rings. The Morgan fingerprint density at radius 3 is 2.76 bits per heavy atom. The molecule has 1 unspecified atom stereocenters. The molecular formula is C19H25N3O2S. The summed E-state index contributed by atoms with van der Waals surface area (Å²) in [6.07, 6.45) is 2.54. The smallest absolute Gasteiger partial charge is 0.270 e. The predicted octanol–water partition coefficient (Wildman–Crippen LogP) is 3.42. The number of nitrogens with zero attached hydrogens (tertiary/aromatic N) is 2. The minimum Gasteiger partial charge on any atom is -0.494 e. The van der Waals surface area contributed by atoms with Crippen molar-refractivity contribution in [3.05, 3.63) is 35.3 Å². The third-order valence-corrected chi connectivity index (χ3v) is 5.42. The molecule has 3 rings (SSSR count). The monoisotopic (exact) mass is 359 g/mol. The molecule has 1 aliphatic carbocycles. The van der Waals surface area contributed by atoms with E-state index in [1.165, 1.54) is 24.2 Å². The maximum atomic E-state index is 12.3. The fourth-order valence-electron chi connectivity index (χ4n) is 2.69. The van der Waals surface area contributed by atoms with Gasteiger partial charge in [-0.05, 0) is 58.0 Å². The van der Waals surface area contributed by atoms with Crippen LogP contribution in [0.5, 0.6) is 5.75 Å². The van der Waals surface area contributed by atoms with Gasteiger partial charge < -0.3 is 10.1 Å². The zero-order chi connectivity index (χ0) is 17.8. The van der Waals surface area contributed by atoms with Crippen molar-refractivity contribution in [2.75, 3.05) is 20.2 Å². The average molecular weight is 359 g/mol. The highest BCUT2D eigenvalue weighted by molar-refractivity contribution is 7.13. The first-order valence-electron chi connectivity index (χ1n) is 8.77. The molecule has 0 spiro atoms. The summed E-state index contributed by atoms with van der Waals surface area (Å²) in [4.78, 5) is 19.2. The van der Waals surface area contributed by atoms with Gasteiger partial charge in [0.25, 0.3) is 5.91 Å². The normalized spacial score (nSPS) is 15.2. The van der Waals surface area contributed by atoms with Crippen LogP contribution in [0.2, 0.25) is 0 Å². The predicted molar refractivity (Wildman–Crippen MR) is 101 cm³/mol. The van der Waals surface area contributed by atoms with E-state index in [-0.39, 0.29) is 5.91 Å². The largest absolute Gasteiger partial charge is 0.494 e. The van der Waals surface area contributed by atoms with Crippen LogP contribution in [0.4, 0.5) is 0 Å². The van der Waals surface area contributed by atoms with E-state index in [0.717, 1.165) is 16.3 Å². The van der Waals surface area contributed by atoms with E-state index in [0.29, 0.717) is 30.9 Å². The Labute approximate surface area is 153 Å². The summed E-state index contributed by atoms with van der Waals surface area (Å²) < 4.78 is 5.45. The third kappa shape index (κ3) is 4.58. The number of ether oxygens (including phenoxy) is 1. The highest BCUT2D eigenvalue weighted by atomic mass is 32.1. The molecule has 1 heterocycles. The van der Waals surface area contributed by atoms with Gasteiger partial charge in [0.05, 0.1) is 6.61 Å². The van der Waals surface area contributed by atoms with Gasteiger partial charge in [-0.25, -0.2) is 4.98 Å². The summed E-state index contributed by atoms with van der Waals surface area (Å²) in [5, 5.41) is 5.66. The first-order chi connectivity index (χ1) is 12.1. The van der Waals surface area contributed by atoms with Gasteiger partial charge in [-0.1, -0.05) is 0 Å². The zero-order valence-corrected chi connectivity index (χ0v) is 15.8. The molecule has 6 heteroatoms. The van der Waals surface area contributed by atoms with Crippen LogP contribution in [0.25, 0.3) is 10.6 Å². The van der Waals surface area contributed by atoms with E-state index in [9.17, 15) is 4.79 Å². The summed E-state index contributed by atoms with van der Waals surface area (Å²) in [6, 6.07) is 8.82. The number of carbonyl (C=O) groups is 1. The maximum Gasteiger partial charge on any atom is 0.270 e. The molecule has 1 aromatic carbocycles. The number of amides is 1. The van der Waals surface area contributed by atoms with E-state index >= 15 is 0 Å². The Bertz CT molecular complexity index is 710. The summed E-state index contributed by atoms with van der Waals surface area (Å²) in [7, 11) is 2.13. The molecule has 1 fully saturated rings. The van der Waals surface area contributed by atoms with Crippen molar-refractivity contribution < 1.29 is 9.53 Å². The van der Waals surface area contributed by atoms with E-state index in [2.05, 4.69) is 29.2 Å². The molecule has 1 saturated carbocycles. The molecule has 0 radical (unpaired) electrons. The van der Waals surface area contributed by atoms with Crippen molar-refractivity contribution in [1.29, 1.82) is 0 Å². The van der Waals surface area contributed by atoms with E-state index in [1.807, 2.05) is 36.6 Å². The van der Waals surface area contributed by atoms with Gasteiger partial charge in [0.15, 0.2) is 0 Å². The van der Waals surface area contributed by atoms with Crippen molar-refractivity contribution in [2.45, 2.75) is 38.8 Å². The molecule has 0 aliphatic heterocycles. The van der Waals surface area contributed by atoms with Gasteiger partial charge in [0.2, 0.25) is 0 Å². The number of hydrogen-bond donors (Lipinski definition) is 1. The minimum absolute atomic E-state index is 0.107. The van der Waals surface area contributed by atoms with Crippen LogP contribution < -0.4 is 10.1 Å². The summed E-state index contributed by atoms with van der Waals surface area (Å²) in [6.45, 7) is 5.39. The van der Waals surface area contributed by atoms with Crippen molar-refractivity contribution in [1.82, 2.24) is 15.2 Å². The van der Waals surface area contributed by atoms with Gasteiger partial charge in [0, 0.05) is 29.6 Å². The second-order valence-corrected chi connectivity index (χ2v) is 7.31. The number of carbonyl (C=O) groups excluding carboxylic acids is 1. The molecule has 25 heavy (non-hydrogen) atoms. The van der Waals surface area contributed by atoms with Crippen molar-refractivity contribution in [3.63, 3.8) is 0 Å². The highest BCUT2D eigenvalue weighted by Gasteiger charge is 2.29. The van der Waals surface area contributed by atoms with Gasteiger partial charge >= 0.3 is 0 Å². The molecule has 0 saturated heterocycles. The molecule has 1 amide bonds. The van der Waals surface area contributed by atoms with Crippen LogP contribution in [0, 0.1) is 0 Å². The van der Waals surface area contributed by atoms with Crippen LogP contribution in [-0.4, -0.2) is 48.1 Å².